The lowest BCUT2D eigenvalue weighted by molar-refractivity contribution is -0.385. The van der Waals surface area contributed by atoms with Crippen molar-refractivity contribution in [3.63, 3.8) is 0 Å². The van der Waals surface area contributed by atoms with Crippen molar-refractivity contribution < 1.29 is 13.3 Å². The molecule has 2 rings (SSSR count). The van der Waals surface area contributed by atoms with Crippen molar-refractivity contribution >= 4 is 27.3 Å². The first-order valence-corrected chi connectivity index (χ1v) is 8.35. The fraction of sp³-hybridized carbons (Fsp3) is 0.500. The van der Waals surface area contributed by atoms with E-state index < -0.39 is 14.9 Å². The van der Waals surface area contributed by atoms with Gasteiger partial charge in [-0.2, -0.15) is 0 Å². The van der Waals surface area contributed by atoms with E-state index >= 15 is 0 Å². The first-order valence-electron chi connectivity index (χ1n) is 6.49. The van der Waals surface area contributed by atoms with E-state index in [1.54, 1.807) is 0 Å². The zero-order chi connectivity index (χ0) is 15.6. The molecule has 0 spiro atoms. The predicted molar refractivity (Wildman–Crippen MR) is 79.1 cm³/mol. The van der Waals surface area contributed by atoms with Crippen LogP contribution in [0.25, 0.3) is 0 Å². The van der Waals surface area contributed by atoms with Gasteiger partial charge in [0.25, 0.3) is 5.69 Å². The Hall–Kier alpha value is -1.22. The number of nitrogens with zero attached hydrogens (tertiary/aromatic N) is 1. The van der Waals surface area contributed by atoms with Crippen LogP contribution in [0.1, 0.15) is 18.4 Å². The molecule has 1 aromatic carbocycles. The maximum absolute atomic E-state index is 12.1. The zero-order valence-electron chi connectivity index (χ0n) is 11.4. The molecule has 0 bridgehead atoms. The summed E-state index contributed by atoms with van der Waals surface area (Å²) >= 11 is 5.87. The third-order valence-electron chi connectivity index (χ3n) is 3.22. The molecular weight excluding hydrogens is 318 g/mol. The molecule has 0 aliphatic heterocycles. The number of nitro groups is 1. The van der Waals surface area contributed by atoms with Crippen LogP contribution in [0.4, 0.5) is 5.69 Å². The highest BCUT2D eigenvalue weighted by atomic mass is 35.5. The van der Waals surface area contributed by atoms with Gasteiger partial charge in [-0.3, -0.25) is 10.1 Å². The van der Waals surface area contributed by atoms with Crippen molar-refractivity contribution in [3.05, 3.63) is 32.8 Å². The van der Waals surface area contributed by atoms with E-state index in [1.807, 2.05) is 0 Å². The molecule has 2 N–H and O–H groups in total. The topological polar surface area (TPSA) is 101 Å². The largest absolute Gasteiger partial charge is 0.313 e. The molecule has 1 fully saturated rings. The summed E-state index contributed by atoms with van der Waals surface area (Å²) in [6.07, 6.45) is 2.24. The SMILES string of the molecule is Cc1c(Cl)cc(S(=O)(=O)NCCNC2CC2)cc1[N+](=O)[O-]. The van der Waals surface area contributed by atoms with Gasteiger partial charge in [0.2, 0.25) is 10.0 Å². The summed E-state index contributed by atoms with van der Waals surface area (Å²) in [6.45, 7) is 2.22. The molecule has 1 aliphatic carbocycles. The number of hydrogen-bond acceptors (Lipinski definition) is 5. The highest BCUT2D eigenvalue weighted by molar-refractivity contribution is 7.89. The first kappa shape index (κ1) is 16.2. The Labute approximate surface area is 127 Å². The second-order valence-electron chi connectivity index (χ2n) is 4.93. The monoisotopic (exact) mass is 333 g/mol. The van der Waals surface area contributed by atoms with Gasteiger partial charge < -0.3 is 5.32 Å². The average Bonchev–Trinajstić information content (AvgIpc) is 3.21. The summed E-state index contributed by atoms with van der Waals surface area (Å²) in [4.78, 5) is 10.1. The van der Waals surface area contributed by atoms with Gasteiger partial charge in [-0.15, -0.1) is 0 Å². The summed E-state index contributed by atoms with van der Waals surface area (Å²) in [5, 5.41) is 14.1. The van der Waals surface area contributed by atoms with Crippen LogP contribution < -0.4 is 10.0 Å². The fourth-order valence-corrected chi connectivity index (χ4v) is 3.17. The molecule has 0 aromatic heterocycles. The molecule has 0 atom stereocenters. The molecule has 0 radical (unpaired) electrons. The zero-order valence-corrected chi connectivity index (χ0v) is 13.0. The predicted octanol–water partition coefficient (Wildman–Crippen LogP) is 1.59. The molecule has 0 saturated heterocycles. The van der Waals surface area contributed by atoms with Gasteiger partial charge in [-0.1, -0.05) is 11.6 Å². The van der Waals surface area contributed by atoms with E-state index in [0.717, 1.165) is 18.9 Å². The Balaban J connectivity index is 2.12. The number of hydrogen-bond donors (Lipinski definition) is 2. The van der Waals surface area contributed by atoms with Gasteiger partial charge in [0, 0.05) is 30.8 Å². The highest BCUT2D eigenvalue weighted by Gasteiger charge is 2.23. The summed E-state index contributed by atoms with van der Waals surface area (Å²) in [5.74, 6) is 0. The molecule has 0 amide bonds. The van der Waals surface area contributed by atoms with E-state index in [2.05, 4.69) is 10.0 Å². The Bertz CT molecular complexity index is 659. The van der Waals surface area contributed by atoms with Crippen molar-refractivity contribution in [3.8, 4) is 0 Å². The van der Waals surface area contributed by atoms with E-state index in [4.69, 9.17) is 11.6 Å². The maximum atomic E-state index is 12.1. The number of sulfonamides is 1. The van der Waals surface area contributed by atoms with Crippen LogP contribution in [-0.4, -0.2) is 32.5 Å². The molecule has 9 heteroatoms. The minimum absolute atomic E-state index is 0.0562. The molecular formula is C12H16ClN3O4S. The standard InChI is InChI=1S/C12H16ClN3O4S/c1-8-11(13)6-10(7-12(8)16(17)18)21(19,20)15-5-4-14-9-2-3-9/h6-7,9,14-15H,2-5H2,1H3. The van der Waals surface area contributed by atoms with Crippen LogP contribution >= 0.6 is 11.6 Å². The summed E-state index contributed by atoms with van der Waals surface area (Å²) in [7, 11) is -3.81. The number of rotatable bonds is 7. The number of nitro benzene ring substituents is 1. The third-order valence-corrected chi connectivity index (χ3v) is 5.06. The third kappa shape index (κ3) is 4.13. The normalized spacial score (nSPS) is 15.1. The molecule has 116 valence electrons. The fourth-order valence-electron chi connectivity index (χ4n) is 1.82. The van der Waals surface area contributed by atoms with Crippen molar-refractivity contribution in [2.45, 2.75) is 30.7 Å². The summed E-state index contributed by atoms with van der Waals surface area (Å²) in [6, 6.07) is 2.74. The molecule has 21 heavy (non-hydrogen) atoms. The second-order valence-corrected chi connectivity index (χ2v) is 7.11. The number of nitrogens with one attached hydrogen (secondary N) is 2. The molecule has 0 heterocycles. The van der Waals surface area contributed by atoms with Crippen molar-refractivity contribution in [1.29, 1.82) is 0 Å². The lowest BCUT2D eigenvalue weighted by Crippen LogP contribution is -2.32. The van der Waals surface area contributed by atoms with Crippen LogP contribution in [0.2, 0.25) is 5.02 Å². The van der Waals surface area contributed by atoms with Crippen molar-refractivity contribution in [2.75, 3.05) is 13.1 Å². The second kappa shape index (κ2) is 6.27. The minimum atomic E-state index is -3.81. The van der Waals surface area contributed by atoms with Gasteiger partial charge in [0.05, 0.1) is 14.8 Å². The quantitative estimate of drug-likeness (QED) is 0.448. The van der Waals surface area contributed by atoms with Crippen LogP contribution in [0.5, 0.6) is 0 Å². The Kier molecular flexibility index (Phi) is 4.82. The Morgan fingerprint density at radius 2 is 2.05 bits per heavy atom. The lowest BCUT2D eigenvalue weighted by Gasteiger charge is -2.09. The lowest BCUT2D eigenvalue weighted by atomic mass is 10.2. The Morgan fingerprint density at radius 1 is 1.38 bits per heavy atom. The highest BCUT2D eigenvalue weighted by Crippen LogP contribution is 2.29. The molecule has 1 saturated carbocycles. The number of benzene rings is 1. The van der Waals surface area contributed by atoms with E-state index in [9.17, 15) is 18.5 Å². The van der Waals surface area contributed by atoms with Crippen LogP contribution in [0, 0.1) is 17.0 Å². The van der Waals surface area contributed by atoms with Crippen LogP contribution in [0.15, 0.2) is 17.0 Å². The summed E-state index contributed by atoms with van der Waals surface area (Å²) in [5.41, 5.74) is -0.0602. The minimum Gasteiger partial charge on any atom is -0.313 e. The molecule has 1 aliphatic rings. The van der Waals surface area contributed by atoms with Gasteiger partial charge in [-0.25, -0.2) is 13.1 Å². The van der Waals surface area contributed by atoms with E-state index in [1.165, 1.54) is 13.0 Å². The van der Waals surface area contributed by atoms with Crippen molar-refractivity contribution in [2.24, 2.45) is 0 Å². The van der Waals surface area contributed by atoms with E-state index in [-0.39, 0.29) is 27.7 Å². The van der Waals surface area contributed by atoms with E-state index in [0.29, 0.717) is 12.6 Å². The van der Waals surface area contributed by atoms with Gasteiger partial charge in [-0.05, 0) is 25.8 Å². The van der Waals surface area contributed by atoms with Crippen LogP contribution in [-0.2, 0) is 10.0 Å². The smallest absolute Gasteiger partial charge is 0.275 e. The first-order chi connectivity index (χ1) is 9.81. The maximum Gasteiger partial charge on any atom is 0.275 e. The van der Waals surface area contributed by atoms with Gasteiger partial charge >= 0.3 is 0 Å². The average molecular weight is 334 g/mol. The van der Waals surface area contributed by atoms with Crippen LogP contribution in [0.3, 0.4) is 0 Å². The van der Waals surface area contributed by atoms with Gasteiger partial charge in [0.1, 0.15) is 0 Å². The van der Waals surface area contributed by atoms with Crippen molar-refractivity contribution in [1.82, 2.24) is 10.0 Å². The van der Waals surface area contributed by atoms with Gasteiger partial charge in [0.15, 0.2) is 0 Å². The Morgan fingerprint density at radius 3 is 2.62 bits per heavy atom. The molecule has 0 unspecified atom stereocenters. The molecule has 7 nitrogen and oxygen atoms in total. The molecule has 1 aromatic rings. The number of halogens is 1. The summed E-state index contributed by atoms with van der Waals surface area (Å²) < 4.78 is 26.6.